The fraction of sp³-hybridized carbons (Fsp3) is 0.259. The van der Waals surface area contributed by atoms with Gasteiger partial charge in [-0.25, -0.2) is 8.42 Å². The molecule has 0 spiro atoms. The van der Waals surface area contributed by atoms with E-state index in [1.807, 2.05) is 62.4 Å². The van der Waals surface area contributed by atoms with Gasteiger partial charge in [-0.05, 0) is 67.1 Å². The summed E-state index contributed by atoms with van der Waals surface area (Å²) in [6.45, 7) is 3.82. The maximum Gasteiger partial charge on any atom is 0.261 e. The van der Waals surface area contributed by atoms with Crippen molar-refractivity contribution < 1.29 is 13.2 Å². The third-order valence-corrected chi connectivity index (χ3v) is 8.18. The first-order valence-electron chi connectivity index (χ1n) is 11.2. The molecular formula is C27H28N2O3S. The summed E-state index contributed by atoms with van der Waals surface area (Å²) in [5.41, 5.74) is 5.54. The van der Waals surface area contributed by atoms with Gasteiger partial charge in [-0.3, -0.25) is 4.72 Å². The molecule has 0 saturated heterocycles. The number of rotatable bonds is 5. The summed E-state index contributed by atoms with van der Waals surface area (Å²) in [4.78, 5) is 0.278. The summed E-state index contributed by atoms with van der Waals surface area (Å²) < 4.78 is 35.0. The number of hydrogen-bond acceptors (Lipinski definition) is 4. The standard InChI is InChI=1S/C27H28N2O3S/c1-17-8-6-9-18(2)26(17)29-33(30,31)19-14-15-24-23(16-19)20-11-7-12-21(20)27(28-24)22-10-4-5-13-25(22)32-3/h4-11,13-16,20-21,27-29H,12H2,1-3H3/t20-,21+,27-/m0/s1. The maximum atomic E-state index is 13.3. The highest BCUT2D eigenvalue weighted by atomic mass is 32.2. The van der Waals surface area contributed by atoms with E-state index in [1.54, 1.807) is 13.2 Å². The molecule has 0 aromatic heterocycles. The minimum absolute atomic E-state index is 0.0869. The van der Waals surface area contributed by atoms with E-state index < -0.39 is 10.0 Å². The number of para-hydroxylation sites is 2. The lowest BCUT2D eigenvalue weighted by molar-refractivity contribution is 0.381. The molecule has 1 aliphatic heterocycles. The predicted octanol–water partition coefficient (Wildman–Crippen LogP) is 5.94. The molecule has 33 heavy (non-hydrogen) atoms. The normalized spacial score (nSPS) is 21.1. The predicted molar refractivity (Wildman–Crippen MR) is 133 cm³/mol. The van der Waals surface area contributed by atoms with Gasteiger partial charge in [0.25, 0.3) is 10.0 Å². The molecule has 3 atom stereocenters. The maximum absolute atomic E-state index is 13.3. The van der Waals surface area contributed by atoms with Gasteiger partial charge < -0.3 is 10.1 Å². The van der Waals surface area contributed by atoms with Crippen LogP contribution in [0.2, 0.25) is 0 Å². The van der Waals surface area contributed by atoms with Gasteiger partial charge >= 0.3 is 0 Å². The van der Waals surface area contributed by atoms with Crippen LogP contribution in [-0.4, -0.2) is 15.5 Å². The minimum Gasteiger partial charge on any atom is -0.496 e. The molecule has 2 aliphatic rings. The van der Waals surface area contributed by atoms with Crippen LogP contribution in [0.1, 0.15) is 40.6 Å². The Kier molecular flexibility index (Phi) is 5.41. The second-order valence-corrected chi connectivity index (χ2v) is 10.5. The topological polar surface area (TPSA) is 67.4 Å². The number of sulfonamides is 1. The summed E-state index contributed by atoms with van der Waals surface area (Å²) in [7, 11) is -2.02. The molecule has 0 amide bonds. The van der Waals surface area contributed by atoms with Gasteiger partial charge in [0, 0.05) is 17.2 Å². The van der Waals surface area contributed by atoms with Crippen LogP contribution in [0, 0.1) is 19.8 Å². The quantitative estimate of drug-likeness (QED) is 0.463. The van der Waals surface area contributed by atoms with Crippen molar-refractivity contribution in [2.24, 2.45) is 5.92 Å². The van der Waals surface area contributed by atoms with Crippen molar-refractivity contribution in [3.05, 3.63) is 95.1 Å². The van der Waals surface area contributed by atoms with Crippen LogP contribution in [0.25, 0.3) is 0 Å². The molecule has 3 aromatic rings. The van der Waals surface area contributed by atoms with E-state index in [2.05, 4.69) is 28.3 Å². The van der Waals surface area contributed by atoms with Gasteiger partial charge in [-0.2, -0.15) is 0 Å². The van der Waals surface area contributed by atoms with E-state index in [0.29, 0.717) is 11.6 Å². The summed E-state index contributed by atoms with van der Waals surface area (Å²) in [6, 6.07) is 19.3. The number of anilines is 2. The van der Waals surface area contributed by atoms with Crippen LogP contribution < -0.4 is 14.8 Å². The molecule has 5 rings (SSSR count). The molecule has 1 heterocycles. The number of ether oxygens (including phenoxy) is 1. The largest absolute Gasteiger partial charge is 0.496 e. The molecule has 0 saturated carbocycles. The number of allylic oxidation sites excluding steroid dienone is 2. The van der Waals surface area contributed by atoms with Gasteiger partial charge in [0.2, 0.25) is 0 Å². The molecule has 0 bridgehead atoms. The van der Waals surface area contributed by atoms with E-state index in [-0.39, 0.29) is 16.9 Å². The second kappa shape index (κ2) is 8.27. The summed E-state index contributed by atoms with van der Waals surface area (Å²) >= 11 is 0. The molecule has 1 aliphatic carbocycles. The Hall–Kier alpha value is -3.25. The molecule has 6 heteroatoms. The average Bonchev–Trinajstić information content (AvgIpc) is 3.31. The van der Waals surface area contributed by atoms with E-state index in [4.69, 9.17) is 4.74 Å². The molecule has 0 radical (unpaired) electrons. The van der Waals surface area contributed by atoms with Crippen molar-refractivity contribution in [3.8, 4) is 5.75 Å². The van der Waals surface area contributed by atoms with Gasteiger partial charge in [-0.15, -0.1) is 0 Å². The van der Waals surface area contributed by atoms with Crippen molar-refractivity contribution >= 4 is 21.4 Å². The number of benzene rings is 3. The van der Waals surface area contributed by atoms with Crippen molar-refractivity contribution in [1.29, 1.82) is 0 Å². The second-order valence-electron chi connectivity index (χ2n) is 8.84. The molecule has 0 unspecified atom stereocenters. The zero-order chi connectivity index (χ0) is 23.2. The number of nitrogens with one attached hydrogen (secondary N) is 2. The Bertz CT molecular complexity index is 1330. The van der Waals surface area contributed by atoms with Crippen LogP contribution in [0.4, 0.5) is 11.4 Å². The molecular weight excluding hydrogens is 432 g/mol. The van der Waals surface area contributed by atoms with Gasteiger partial charge in [0.15, 0.2) is 0 Å². The Labute approximate surface area is 195 Å². The van der Waals surface area contributed by atoms with Gasteiger partial charge in [0.05, 0.1) is 23.7 Å². The molecule has 2 N–H and O–H groups in total. The van der Waals surface area contributed by atoms with Gasteiger partial charge in [0.1, 0.15) is 5.75 Å². The summed E-state index contributed by atoms with van der Waals surface area (Å²) in [5, 5.41) is 3.67. The highest BCUT2D eigenvalue weighted by Gasteiger charge is 2.39. The molecule has 3 aromatic carbocycles. The van der Waals surface area contributed by atoms with E-state index in [9.17, 15) is 8.42 Å². The first kappa shape index (κ1) is 21.6. The fourth-order valence-corrected chi connectivity index (χ4v) is 6.38. The van der Waals surface area contributed by atoms with E-state index in [0.717, 1.165) is 40.1 Å². The van der Waals surface area contributed by atoms with E-state index >= 15 is 0 Å². The third-order valence-electron chi connectivity index (χ3n) is 6.84. The minimum atomic E-state index is -3.72. The highest BCUT2D eigenvalue weighted by molar-refractivity contribution is 7.92. The lowest BCUT2D eigenvalue weighted by atomic mass is 9.77. The molecule has 5 nitrogen and oxygen atoms in total. The fourth-order valence-electron chi connectivity index (χ4n) is 5.14. The molecule has 0 fully saturated rings. The summed E-state index contributed by atoms with van der Waals surface area (Å²) in [5.74, 6) is 1.30. The lowest BCUT2D eigenvalue weighted by Gasteiger charge is -2.38. The van der Waals surface area contributed by atoms with Crippen LogP contribution >= 0.6 is 0 Å². The van der Waals surface area contributed by atoms with Crippen molar-refractivity contribution in [2.45, 2.75) is 37.1 Å². The summed E-state index contributed by atoms with van der Waals surface area (Å²) in [6.07, 6.45) is 5.34. The van der Waals surface area contributed by atoms with Crippen molar-refractivity contribution in [3.63, 3.8) is 0 Å². The Balaban J connectivity index is 1.52. The Morgan fingerprint density at radius 3 is 2.48 bits per heavy atom. The zero-order valence-corrected chi connectivity index (χ0v) is 19.8. The first-order valence-corrected chi connectivity index (χ1v) is 12.7. The van der Waals surface area contributed by atoms with E-state index in [1.165, 1.54) is 0 Å². The van der Waals surface area contributed by atoms with Crippen LogP contribution in [0.5, 0.6) is 5.75 Å². The third kappa shape index (κ3) is 3.78. The lowest BCUT2D eigenvalue weighted by Crippen LogP contribution is -2.29. The molecule has 170 valence electrons. The van der Waals surface area contributed by atoms with Crippen LogP contribution in [0.3, 0.4) is 0 Å². The first-order chi connectivity index (χ1) is 15.9. The number of hydrogen-bond donors (Lipinski definition) is 2. The highest BCUT2D eigenvalue weighted by Crippen LogP contribution is 2.51. The van der Waals surface area contributed by atoms with Crippen LogP contribution in [-0.2, 0) is 10.0 Å². The number of methoxy groups -OCH3 is 1. The SMILES string of the molecule is COc1ccccc1[C@H]1Nc2ccc(S(=O)(=O)Nc3c(C)cccc3C)cc2[C@H]2C=CC[C@H]21. The number of fused-ring (bicyclic) bond motifs is 3. The average molecular weight is 461 g/mol. The monoisotopic (exact) mass is 460 g/mol. The smallest absolute Gasteiger partial charge is 0.261 e. The Morgan fingerprint density at radius 1 is 0.970 bits per heavy atom. The van der Waals surface area contributed by atoms with Crippen molar-refractivity contribution in [2.75, 3.05) is 17.1 Å². The number of aryl methyl sites for hydroxylation is 2. The van der Waals surface area contributed by atoms with Gasteiger partial charge in [-0.1, -0.05) is 48.6 Å². The zero-order valence-electron chi connectivity index (χ0n) is 19.0. The van der Waals surface area contributed by atoms with Crippen LogP contribution in [0.15, 0.2) is 77.7 Å². The Morgan fingerprint density at radius 2 is 1.73 bits per heavy atom. The van der Waals surface area contributed by atoms with Crippen molar-refractivity contribution in [1.82, 2.24) is 0 Å².